The molecule has 1 saturated carbocycles. The Bertz CT molecular complexity index is 1480. The number of anilines is 1. The highest BCUT2D eigenvalue weighted by Crippen LogP contribution is 2.51. The van der Waals surface area contributed by atoms with E-state index in [4.69, 9.17) is 19.2 Å². The number of nitrogens with zero attached hydrogens (tertiary/aromatic N) is 2. The number of ether oxygens (including phenoxy) is 3. The molecule has 1 aliphatic heterocycles. The summed E-state index contributed by atoms with van der Waals surface area (Å²) in [6.07, 6.45) is 5.28. The Labute approximate surface area is 273 Å². The molecule has 248 valence electrons. The second-order valence-corrected chi connectivity index (χ2v) is 14.1. The largest absolute Gasteiger partial charge is 0.493 e. The van der Waals surface area contributed by atoms with E-state index in [0.29, 0.717) is 29.7 Å². The van der Waals surface area contributed by atoms with Crippen LogP contribution >= 0.6 is 0 Å². The molecule has 5 rings (SSSR count). The molecule has 3 aromatic rings. The lowest BCUT2D eigenvalue weighted by molar-refractivity contribution is -0.171. The van der Waals surface area contributed by atoms with Gasteiger partial charge in [0.05, 0.1) is 36.3 Å². The maximum atomic E-state index is 13.8. The zero-order chi connectivity index (χ0) is 33.1. The van der Waals surface area contributed by atoms with Gasteiger partial charge in [-0.05, 0) is 108 Å². The lowest BCUT2D eigenvalue weighted by atomic mass is 9.63. The molecule has 1 spiro atoms. The van der Waals surface area contributed by atoms with Gasteiger partial charge in [0.2, 0.25) is 0 Å². The third kappa shape index (κ3) is 7.89. The second-order valence-electron chi connectivity index (χ2n) is 14.1. The predicted octanol–water partition coefficient (Wildman–Crippen LogP) is 7.89. The van der Waals surface area contributed by atoms with Crippen molar-refractivity contribution in [3.63, 3.8) is 0 Å². The number of hydrogen-bond acceptors (Lipinski definition) is 7. The van der Waals surface area contributed by atoms with Gasteiger partial charge in [-0.15, -0.1) is 0 Å². The van der Waals surface area contributed by atoms with Crippen molar-refractivity contribution in [2.24, 2.45) is 5.41 Å². The molecule has 0 amide bonds. The van der Waals surface area contributed by atoms with E-state index >= 15 is 0 Å². The van der Waals surface area contributed by atoms with Crippen LogP contribution in [0, 0.1) is 18.2 Å². The highest BCUT2D eigenvalue weighted by atomic mass is 19.1. The van der Waals surface area contributed by atoms with Crippen LogP contribution in [0.2, 0.25) is 0 Å². The van der Waals surface area contributed by atoms with Crippen molar-refractivity contribution in [3.05, 3.63) is 76.9 Å². The third-order valence-electron chi connectivity index (χ3n) is 9.19. The molecule has 2 aliphatic rings. The SMILES string of the molecule is Cc1nc(CO)c([C@H](OC(C)(C)C)C(=O)OC(C)C)c(N2CCC3(CCC3)CC2)c1-c1ccc(OCCc2ccc(F)cc2)cc1. The lowest BCUT2D eigenvalue weighted by Gasteiger charge is -2.49. The molecule has 7 nitrogen and oxygen atoms in total. The monoisotopic (exact) mass is 632 g/mol. The maximum Gasteiger partial charge on any atom is 0.340 e. The van der Waals surface area contributed by atoms with Gasteiger partial charge >= 0.3 is 5.97 Å². The normalized spacial score (nSPS) is 16.8. The molecule has 1 atom stereocenters. The zero-order valence-electron chi connectivity index (χ0n) is 28.2. The molecule has 2 fully saturated rings. The van der Waals surface area contributed by atoms with Gasteiger partial charge in [0.1, 0.15) is 11.6 Å². The minimum absolute atomic E-state index is 0.250. The first-order chi connectivity index (χ1) is 21.9. The number of carbonyl (C=O) groups is 1. The molecule has 0 bridgehead atoms. The number of halogens is 1. The van der Waals surface area contributed by atoms with Crippen molar-refractivity contribution in [1.82, 2.24) is 4.98 Å². The summed E-state index contributed by atoms with van der Waals surface area (Å²) in [4.78, 5) is 21.0. The highest BCUT2D eigenvalue weighted by Gasteiger charge is 2.42. The average molecular weight is 633 g/mol. The Balaban J connectivity index is 1.55. The summed E-state index contributed by atoms with van der Waals surface area (Å²) in [6, 6.07) is 14.4. The van der Waals surface area contributed by atoms with E-state index in [-0.39, 0.29) is 18.5 Å². The molecule has 1 saturated heterocycles. The summed E-state index contributed by atoms with van der Waals surface area (Å²) in [7, 11) is 0. The number of aromatic nitrogens is 1. The summed E-state index contributed by atoms with van der Waals surface area (Å²) in [5.74, 6) is -0.0146. The van der Waals surface area contributed by atoms with Crippen LogP contribution in [0.4, 0.5) is 10.1 Å². The van der Waals surface area contributed by atoms with Crippen molar-refractivity contribution >= 4 is 11.7 Å². The Hall–Kier alpha value is -3.49. The van der Waals surface area contributed by atoms with Crippen molar-refractivity contribution in [2.45, 2.75) is 104 Å². The van der Waals surface area contributed by atoms with Crippen LogP contribution in [0.3, 0.4) is 0 Å². The first-order valence-electron chi connectivity index (χ1n) is 16.6. The number of aryl methyl sites for hydroxylation is 1. The molecular formula is C38H49FN2O5. The van der Waals surface area contributed by atoms with Crippen LogP contribution in [0.5, 0.6) is 5.75 Å². The fraction of sp³-hybridized carbons (Fsp3) is 0.526. The summed E-state index contributed by atoms with van der Waals surface area (Å²) in [5.41, 5.74) is 5.26. The fourth-order valence-corrected chi connectivity index (χ4v) is 6.74. The standard InChI is InChI=1S/C38H49FN2O5/c1-25(2)45-36(43)35(46-37(4,5)6)33-31(24-42)40-26(3)32(34(33)41-21-19-38(20-22-41)17-7-18-38)28-10-14-30(15-11-28)44-23-16-27-8-12-29(39)13-9-27/h8-15,25,35,42H,7,16-24H2,1-6H3/t35-/m0/s1. The molecule has 0 unspecified atom stereocenters. The zero-order valence-corrected chi connectivity index (χ0v) is 28.2. The van der Waals surface area contributed by atoms with Crippen molar-refractivity contribution < 1.29 is 28.5 Å². The Morgan fingerprint density at radius 1 is 1.02 bits per heavy atom. The van der Waals surface area contributed by atoms with E-state index in [9.17, 15) is 14.3 Å². The van der Waals surface area contributed by atoms with Gasteiger partial charge in [0, 0.05) is 36.3 Å². The van der Waals surface area contributed by atoms with Gasteiger partial charge in [0.25, 0.3) is 0 Å². The van der Waals surface area contributed by atoms with E-state index in [0.717, 1.165) is 59.8 Å². The Morgan fingerprint density at radius 2 is 1.67 bits per heavy atom. The molecule has 2 heterocycles. The van der Waals surface area contributed by atoms with Crippen LogP contribution < -0.4 is 9.64 Å². The molecule has 1 aliphatic carbocycles. The average Bonchev–Trinajstić information content (AvgIpc) is 2.99. The predicted molar refractivity (Wildman–Crippen MR) is 178 cm³/mol. The topological polar surface area (TPSA) is 81.1 Å². The smallest absolute Gasteiger partial charge is 0.340 e. The van der Waals surface area contributed by atoms with E-state index in [1.165, 1.54) is 31.4 Å². The van der Waals surface area contributed by atoms with Gasteiger partial charge in [-0.2, -0.15) is 0 Å². The van der Waals surface area contributed by atoms with Crippen molar-refractivity contribution in [2.75, 3.05) is 24.6 Å². The third-order valence-corrected chi connectivity index (χ3v) is 9.19. The molecule has 8 heteroatoms. The number of pyridine rings is 1. The lowest BCUT2D eigenvalue weighted by Crippen LogP contribution is -2.44. The van der Waals surface area contributed by atoms with Gasteiger partial charge in [-0.25, -0.2) is 9.18 Å². The molecule has 46 heavy (non-hydrogen) atoms. The van der Waals surface area contributed by atoms with Crippen molar-refractivity contribution in [3.8, 4) is 16.9 Å². The molecule has 0 radical (unpaired) electrons. The fourth-order valence-electron chi connectivity index (χ4n) is 6.74. The number of piperidine rings is 1. The molecule has 1 aromatic heterocycles. The van der Waals surface area contributed by atoms with Gasteiger partial charge < -0.3 is 24.2 Å². The van der Waals surface area contributed by atoms with Gasteiger partial charge in [0.15, 0.2) is 6.10 Å². The molecular weight excluding hydrogens is 583 g/mol. The van der Waals surface area contributed by atoms with E-state index < -0.39 is 17.7 Å². The van der Waals surface area contributed by atoms with Gasteiger partial charge in [-0.1, -0.05) is 30.7 Å². The minimum Gasteiger partial charge on any atom is -0.493 e. The first kappa shape index (κ1) is 33.9. The quantitative estimate of drug-likeness (QED) is 0.215. The summed E-state index contributed by atoms with van der Waals surface area (Å²) in [6.45, 7) is 13.2. The Kier molecular flexibility index (Phi) is 10.4. The van der Waals surface area contributed by atoms with E-state index in [2.05, 4.69) is 4.90 Å². The highest BCUT2D eigenvalue weighted by molar-refractivity contribution is 5.88. The summed E-state index contributed by atoms with van der Waals surface area (Å²) >= 11 is 0. The second kappa shape index (κ2) is 14.1. The van der Waals surface area contributed by atoms with Crippen LogP contribution in [0.25, 0.3) is 11.1 Å². The Morgan fingerprint density at radius 3 is 2.22 bits per heavy atom. The van der Waals surface area contributed by atoms with Crippen LogP contribution in [0.15, 0.2) is 48.5 Å². The number of aliphatic hydroxyl groups is 1. The summed E-state index contributed by atoms with van der Waals surface area (Å²) < 4.78 is 31.5. The number of hydrogen-bond donors (Lipinski definition) is 1. The van der Waals surface area contributed by atoms with Crippen molar-refractivity contribution in [1.29, 1.82) is 0 Å². The molecule has 1 N–H and O–H groups in total. The first-order valence-corrected chi connectivity index (χ1v) is 16.6. The van der Waals surface area contributed by atoms with Crippen LogP contribution in [-0.4, -0.2) is 47.5 Å². The number of aliphatic hydroxyl groups excluding tert-OH is 1. The van der Waals surface area contributed by atoms with Gasteiger partial charge in [-0.3, -0.25) is 4.98 Å². The number of rotatable bonds is 11. The van der Waals surface area contributed by atoms with E-state index in [1.54, 1.807) is 12.1 Å². The number of benzene rings is 2. The minimum atomic E-state index is -1.07. The molecule has 2 aromatic carbocycles. The van der Waals surface area contributed by atoms with E-state index in [1.807, 2.05) is 65.8 Å². The summed E-state index contributed by atoms with van der Waals surface area (Å²) in [5, 5.41) is 10.7. The van der Waals surface area contributed by atoms with Crippen LogP contribution in [0.1, 0.15) is 95.3 Å². The maximum absolute atomic E-state index is 13.8. The number of carbonyl (C=O) groups excluding carboxylic acids is 1. The number of esters is 1. The van der Waals surface area contributed by atoms with Crippen LogP contribution in [-0.2, 0) is 27.3 Å².